The van der Waals surface area contributed by atoms with Crippen molar-refractivity contribution in [1.82, 2.24) is 9.55 Å². The van der Waals surface area contributed by atoms with Gasteiger partial charge in [-0.3, -0.25) is 4.79 Å². The molecule has 0 saturated carbocycles. The number of nitrogens with zero attached hydrogens (tertiary/aromatic N) is 2. The highest BCUT2D eigenvalue weighted by molar-refractivity contribution is 6.42. The average molecular weight is 315 g/mol. The summed E-state index contributed by atoms with van der Waals surface area (Å²) in [6, 6.07) is 3.34. The SMILES string of the molecule is CC(C)(C)Cc1nc2cc(Cl)c(Cl)cc2n1CC(=O)O. The molecule has 0 aliphatic heterocycles. The van der Waals surface area contributed by atoms with Crippen molar-refractivity contribution in [1.29, 1.82) is 0 Å². The molecule has 0 fully saturated rings. The molecule has 20 heavy (non-hydrogen) atoms. The Bertz CT molecular complexity index is 672. The van der Waals surface area contributed by atoms with Crippen LogP contribution in [0.3, 0.4) is 0 Å². The van der Waals surface area contributed by atoms with Crippen molar-refractivity contribution in [2.75, 3.05) is 0 Å². The quantitative estimate of drug-likeness (QED) is 0.931. The molecule has 0 bridgehead atoms. The van der Waals surface area contributed by atoms with E-state index in [1.54, 1.807) is 16.7 Å². The average Bonchev–Trinajstić information content (AvgIpc) is 2.55. The summed E-state index contributed by atoms with van der Waals surface area (Å²) in [5, 5.41) is 9.90. The van der Waals surface area contributed by atoms with Gasteiger partial charge in [-0.15, -0.1) is 0 Å². The molecule has 0 spiro atoms. The van der Waals surface area contributed by atoms with Crippen LogP contribution in [0.4, 0.5) is 0 Å². The second-order valence-corrected chi connectivity index (χ2v) is 6.81. The standard InChI is InChI=1S/C14H16Cl2N2O2/c1-14(2,3)6-12-17-10-4-8(15)9(16)5-11(10)18(12)7-13(19)20/h4-5H,6-7H2,1-3H3,(H,19,20). The first kappa shape index (κ1) is 15.1. The maximum atomic E-state index is 11.1. The van der Waals surface area contributed by atoms with Crippen LogP contribution in [0.25, 0.3) is 11.0 Å². The number of carboxylic acid groups (broad SMARTS) is 1. The number of aliphatic carboxylic acids is 1. The minimum absolute atomic E-state index is 0.00518. The van der Waals surface area contributed by atoms with Crippen LogP contribution < -0.4 is 0 Å². The zero-order valence-corrected chi connectivity index (χ0v) is 13.1. The predicted molar refractivity (Wildman–Crippen MR) is 80.5 cm³/mol. The number of aromatic nitrogens is 2. The van der Waals surface area contributed by atoms with Gasteiger partial charge < -0.3 is 9.67 Å². The maximum Gasteiger partial charge on any atom is 0.323 e. The Morgan fingerprint density at radius 1 is 1.30 bits per heavy atom. The van der Waals surface area contributed by atoms with Crippen molar-refractivity contribution in [2.24, 2.45) is 5.41 Å². The molecule has 1 N–H and O–H groups in total. The van der Waals surface area contributed by atoms with E-state index in [-0.39, 0.29) is 12.0 Å². The van der Waals surface area contributed by atoms with Crippen molar-refractivity contribution in [2.45, 2.75) is 33.7 Å². The number of hydrogen-bond acceptors (Lipinski definition) is 2. The fourth-order valence-electron chi connectivity index (χ4n) is 2.09. The summed E-state index contributed by atoms with van der Waals surface area (Å²) in [5.41, 5.74) is 1.37. The molecule has 4 nitrogen and oxygen atoms in total. The van der Waals surface area contributed by atoms with Gasteiger partial charge in [0.2, 0.25) is 0 Å². The second kappa shape index (κ2) is 5.26. The molecule has 2 rings (SSSR count). The largest absolute Gasteiger partial charge is 0.480 e. The minimum atomic E-state index is -0.912. The van der Waals surface area contributed by atoms with Crippen LogP contribution in [0.15, 0.2) is 12.1 Å². The number of imidazole rings is 1. The summed E-state index contributed by atoms with van der Waals surface area (Å²) in [7, 11) is 0. The van der Waals surface area contributed by atoms with Gasteiger partial charge in [0.15, 0.2) is 0 Å². The number of carbonyl (C=O) groups is 1. The van der Waals surface area contributed by atoms with E-state index in [9.17, 15) is 4.79 Å². The third kappa shape index (κ3) is 3.25. The van der Waals surface area contributed by atoms with Crippen LogP contribution in [-0.2, 0) is 17.8 Å². The summed E-state index contributed by atoms with van der Waals surface area (Å²) in [6.07, 6.45) is 0.671. The third-order valence-corrected chi connectivity index (χ3v) is 3.57. The van der Waals surface area contributed by atoms with Crippen molar-refractivity contribution in [3.05, 3.63) is 28.0 Å². The Labute approximate surface area is 127 Å². The fraction of sp³-hybridized carbons (Fsp3) is 0.429. The first-order valence-corrected chi connectivity index (χ1v) is 6.99. The van der Waals surface area contributed by atoms with E-state index in [2.05, 4.69) is 25.8 Å². The summed E-state index contributed by atoms with van der Waals surface area (Å²) in [5.74, 6) is -0.182. The summed E-state index contributed by atoms with van der Waals surface area (Å²) < 4.78 is 1.69. The first-order chi connectivity index (χ1) is 9.17. The van der Waals surface area contributed by atoms with Crippen LogP contribution in [0.1, 0.15) is 26.6 Å². The van der Waals surface area contributed by atoms with Crippen LogP contribution in [0, 0.1) is 5.41 Å². The Morgan fingerprint density at radius 3 is 2.45 bits per heavy atom. The van der Waals surface area contributed by atoms with Crippen LogP contribution in [0.5, 0.6) is 0 Å². The Kier molecular flexibility index (Phi) is 3.98. The fourth-order valence-corrected chi connectivity index (χ4v) is 2.41. The van der Waals surface area contributed by atoms with Crippen molar-refractivity contribution in [3.8, 4) is 0 Å². The lowest BCUT2D eigenvalue weighted by atomic mass is 9.92. The lowest BCUT2D eigenvalue weighted by Crippen LogP contribution is -2.17. The maximum absolute atomic E-state index is 11.1. The molecule has 108 valence electrons. The molecule has 1 aromatic heterocycles. The van der Waals surface area contributed by atoms with E-state index in [1.807, 2.05) is 0 Å². The van der Waals surface area contributed by atoms with Gasteiger partial charge in [0.25, 0.3) is 0 Å². The highest BCUT2D eigenvalue weighted by Crippen LogP contribution is 2.30. The third-order valence-electron chi connectivity index (χ3n) is 2.85. The van der Waals surface area contributed by atoms with Gasteiger partial charge >= 0.3 is 5.97 Å². The van der Waals surface area contributed by atoms with Gasteiger partial charge in [-0.05, 0) is 17.5 Å². The highest BCUT2D eigenvalue weighted by Gasteiger charge is 2.20. The lowest BCUT2D eigenvalue weighted by Gasteiger charge is -2.18. The minimum Gasteiger partial charge on any atom is -0.480 e. The molecule has 0 aliphatic carbocycles. The summed E-state index contributed by atoms with van der Waals surface area (Å²) in [4.78, 5) is 15.6. The molecule has 2 aromatic rings. The molecule has 0 amide bonds. The Morgan fingerprint density at radius 2 is 1.90 bits per heavy atom. The highest BCUT2D eigenvalue weighted by atomic mass is 35.5. The predicted octanol–water partition coefficient (Wildman–Crippen LogP) is 4.02. The molecule has 0 radical (unpaired) electrons. The van der Waals surface area contributed by atoms with E-state index < -0.39 is 5.97 Å². The van der Waals surface area contributed by atoms with Crippen molar-refractivity contribution >= 4 is 40.2 Å². The molecule has 1 heterocycles. The van der Waals surface area contributed by atoms with Gasteiger partial charge in [-0.1, -0.05) is 44.0 Å². The van der Waals surface area contributed by atoms with Gasteiger partial charge in [0.05, 0.1) is 21.1 Å². The van der Waals surface area contributed by atoms with E-state index >= 15 is 0 Å². The zero-order valence-electron chi connectivity index (χ0n) is 11.6. The normalized spacial score (nSPS) is 12.1. The molecular formula is C14H16Cl2N2O2. The number of fused-ring (bicyclic) bond motifs is 1. The lowest BCUT2D eigenvalue weighted by molar-refractivity contribution is -0.137. The number of carboxylic acids is 1. The van der Waals surface area contributed by atoms with Crippen molar-refractivity contribution < 1.29 is 9.90 Å². The summed E-state index contributed by atoms with van der Waals surface area (Å²) in [6.45, 7) is 6.10. The van der Waals surface area contributed by atoms with Gasteiger partial charge in [-0.2, -0.15) is 0 Å². The van der Waals surface area contributed by atoms with Gasteiger partial charge in [-0.25, -0.2) is 4.98 Å². The van der Waals surface area contributed by atoms with Gasteiger partial charge in [0.1, 0.15) is 12.4 Å². The summed E-state index contributed by atoms with van der Waals surface area (Å²) >= 11 is 12.0. The second-order valence-electron chi connectivity index (χ2n) is 6.00. The number of hydrogen-bond donors (Lipinski definition) is 1. The number of halogens is 2. The zero-order chi connectivity index (χ0) is 15.1. The van der Waals surface area contributed by atoms with Crippen LogP contribution in [0.2, 0.25) is 10.0 Å². The van der Waals surface area contributed by atoms with E-state index in [0.29, 0.717) is 27.5 Å². The molecule has 1 aromatic carbocycles. The topological polar surface area (TPSA) is 55.1 Å². The van der Waals surface area contributed by atoms with E-state index in [1.165, 1.54) is 0 Å². The number of benzene rings is 1. The molecule has 0 unspecified atom stereocenters. The van der Waals surface area contributed by atoms with E-state index in [0.717, 1.165) is 5.82 Å². The van der Waals surface area contributed by atoms with Crippen molar-refractivity contribution in [3.63, 3.8) is 0 Å². The first-order valence-electron chi connectivity index (χ1n) is 6.23. The molecular weight excluding hydrogens is 299 g/mol. The van der Waals surface area contributed by atoms with E-state index in [4.69, 9.17) is 28.3 Å². The monoisotopic (exact) mass is 314 g/mol. The Hall–Kier alpha value is -1.26. The number of rotatable bonds is 3. The smallest absolute Gasteiger partial charge is 0.323 e. The Balaban J connectivity index is 2.63. The molecule has 0 atom stereocenters. The van der Waals surface area contributed by atoms with Gasteiger partial charge in [0, 0.05) is 6.42 Å². The van der Waals surface area contributed by atoms with Crippen LogP contribution >= 0.6 is 23.2 Å². The molecule has 0 aliphatic rings. The molecule has 6 heteroatoms. The van der Waals surface area contributed by atoms with Crippen LogP contribution in [-0.4, -0.2) is 20.6 Å². The molecule has 0 saturated heterocycles.